The lowest BCUT2D eigenvalue weighted by Crippen LogP contribution is -2.18. The number of aryl methyl sites for hydroxylation is 1. The molecule has 146 valence electrons. The third kappa shape index (κ3) is 3.54. The van der Waals surface area contributed by atoms with Gasteiger partial charge in [-0.05, 0) is 30.3 Å². The minimum Gasteiger partial charge on any atom is -0.346 e. The van der Waals surface area contributed by atoms with Crippen molar-refractivity contribution in [1.29, 1.82) is 0 Å². The third-order valence-corrected chi connectivity index (χ3v) is 6.77. The Kier molecular flexibility index (Phi) is 4.94. The number of amides is 1. The van der Waals surface area contributed by atoms with E-state index in [4.69, 9.17) is 0 Å². The Labute approximate surface area is 169 Å². The molecule has 4 aromatic rings. The van der Waals surface area contributed by atoms with Gasteiger partial charge >= 0.3 is 0 Å². The molecule has 0 aliphatic carbocycles. The van der Waals surface area contributed by atoms with E-state index in [1.807, 2.05) is 30.3 Å². The van der Waals surface area contributed by atoms with Gasteiger partial charge in [-0.15, -0.1) is 0 Å². The number of anilines is 1. The van der Waals surface area contributed by atoms with Gasteiger partial charge < -0.3 is 9.88 Å². The molecular formula is C23H20N2O3S. The number of fused-ring (bicyclic) bond motifs is 1. The first-order chi connectivity index (χ1) is 14.0. The molecule has 4 rings (SSSR count). The van der Waals surface area contributed by atoms with Crippen LogP contribution in [0.3, 0.4) is 0 Å². The number of benzene rings is 3. The number of rotatable bonds is 5. The van der Waals surface area contributed by atoms with Crippen molar-refractivity contribution in [2.45, 2.75) is 16.2 Å². The maximum absolute atomic E-state index is 13.5. The number of carbonyl (C=O) groups excluding carboxylic acids is 1. The van der Waals surface area contributed by atoms with Crippen LogP contribution in [0.1, 0.15) is 5.69 Å². The molecule has 0 atom stereocenters. The highest BCUT2D eigenvalue weighted by Crippen LogP contribution is 2.34. The highest BCUT2D eigenvalue weighted by atomic mass is 32.2. The number of carbonyl (C=O) groups is 1. The molecular weight excluding hydrogens is 384 g/mol. The topological polar surface area (TPSA) is 68.2 Å². The maximum Gasteiger partial charge on any atom is 0.230 e. The molecule has 1 heterocycles. The van der Waals surface area contributed by atoms with E-state index < -0.39 is 9.84 Å². The van der Waals surface area contributed by atoms with Gasteiger partial charge in [0.05, 0.1) is 11.3 Å². The summed E-state index contributed by atoms with van der Waals surface area (Å²) in [5.74, 6) is -0.272. The molecule has 0 saturated heterocycles. The molecule has 0 unspecified atom stereocenters. The molecule has 0 aliphatic heterocycles. The van der Waals surface area contributed by atoms with Gasteiger partial charge in [-0.25, -0.2) is 8.42 Å². The van der Waals surface area contributed by atoms with Gasteiger partial charge in [-0.1, -0.05) is 54.6 Å². The lowest BCUT2D eigenvalue weighted by molar-refractivity contribution is -0.115. The number of hydrogen-bond donors (Lipinski definition) is 1. The number of sulfone groups is 1. The smallest absolute Gasteiger partial charge is 0.230 e. The molecule has 6 heteroatoms. The van der Waals surface area contributed by atoms with Gasteiger partial charge in [0.25, 0.3) is 0 Å². The van der Waals surface area contributed by atoms with Crippen LogP contribution < -0.4 is 5.32 Å². The Morgan fingerprint density at radius 2 is 1.45 bits per heavy atom. The molecule has 0 fully saturated rings. The van der Waals surface area contributed by atoms with Gasteiger partial charge in [-0.3, -0.25) is 4.79 Å². The van der Waals surface area contributed by atoms with E-state index in [9.17, 15) is 13.2 Å². The summed E-state index contributed by atoms with van der Waals surface area (Å²) in [6.07, 6.45) is -0.0541. The fourth-order valence-corrected chi connectivity index (χ4v) is 5.24. The van der Waals surface area contributed by atoms with Gasteiger partial charge in [0.15, 0.2) is 0 Å². The Bertz CT molecular complexity index is 1280. The Balaban J connectivity index is 1.83. The van der Waals surface area contributed by atoms with E-state index >= 15 is 0 Å². The first-order valence-electron chi connectivity index (χ1n) is 9.20. The number of hydrogen-bond acceptors (Lipinski definition) is 3. The summed E-state index contributed by atoms with van der Waals surface area (Å²) in [6, 6.07) is 24.7. The first-order valence-corrected chi connectivity index (χ1v) is 10.7. The molecule has 1 N–H and O–H groups in total. The fraction of sp³-hybridized carbons (Fsp3) is 0.0870. The molecule has 1 amide bonds. The molecule has 1 aromatic heterocycles. The maximum atomic E-state index is 13.5. The van der Waals surface area contributed by atoms with E-state index in [1.165, 1.54) is 0 Å². The zero-order valence-corrected chi connectivity index (χ0v) is 16.7. The lowest BCUT2D eigenvalue weighted by Gasteiger charge is -2.10. The highest BCUT2D eigenvalue weighted by molar-refractivity contribution is 7.91. The monoisotopic (exact) mass is 404 g/mol. The number of nitrogens with zero attached hydrogens (tertiary/aromatic N) is 1. The Morgan fingerprint density at radius 1 is 0.862 bits per heavy atom. The fourth-order valence-electron chi connectivity index (χ4n) is 3.51. The number of aromatic nitrogens is 1. The second kappa shape index (κ2) is 7.56. The van der Waals surface area contributed by atoms with Crippen molar-refractivity contribution in [2.75, 3.05) is 5.32 Å². The number of nitrogens with one attached hydrogen (secondary N) is 1. The van der Waals surface area contributed by atoms with Crippen molar-refractivity contribution >= 4 is 32.3 Å². The van der Waals surface area contributed by atoms with Crippen LogP contribution in [-0.4, -0.2) is 18.9 Å². The minimum atomic E-state index is -3.79. The molecule has 29 heavy (non-hydrogen) atoms. The van der Waals surface area contributed by atoms with Crippen LogP contribution in [0.15, 0.2) is 94.7 Å². The summed E-state index contributed by atoms with van der Waals surface area (Å²) < 4.78 is 28.7. The van der Waals surface area contributed by atoms with Crippen molar-refractivity contribution in [3.05, 3.63) is 90.6 Å². The van der Waals surface area contributed by atoms with E-state index in [0.29, 0.717) is 16.8 Å². The number of para-hydroxylation sites is 2. The van der Waals surface area contributed by atoms with Gasteiger partial charge in [0.2, 0.25) is 15.7 Å². The average molecular weight is 404 g/mol. The zero-order chi connectivity index (χ0) is 20.4. The predicted octanol–water partition coefficient (Wildman–Crippen LogP) is 4.19. The van der Waals surface area contributed by atoms with Crippen LogP contribution in [0.2, 0.25) is 0 Å². The summed E-state index contributed by atoms with van der Waals surface area (Å²) in [5.41, 5.74) is 1.90. The Morgan fingerprint density at radius 3 is 2.14 bits per heavy atom. The molecule has 3 aromatic carbocycles. The molecule has 0 saturated carbocycles. The Hall–Kier alpha value is -3.38. The summed E-state index contributed by atoms with van der Waals surface area (Å²) >= 11 is 0. The molecule has 0 aliphatic rings. The second-order valence-corrected chi connectivity index (χ2v) is 8.65. The van der Waals surface area contributed by atoms with E-state index in [2.05, 4.69) is 5.32 Å². The zero-order valence-electron chi connectivity index (χ0n) is 15.9. The molecule has 0 bridgehead atoms. The summed E-state index contributed by atoms with van der Waals surface area (Å²) in [4.78, 5) is 13.1. The normalized spacial score (nSPS) is 11.5. The van der Waals surface area contributed by atoms with Gasteiger partial charge in [0.1, 0.15) is 4.90 Å². The van der Waals surface area contributed by atoms with Crippen LogP contribution in [0.4, 0.5) is 5.69 Å². The van der Waals surface area contributed by atoms with Crippen molar-refractivity contribution in [3.63, 3.8) is 0 Å². The van der Waals surface area contributed by atoms with Gasteiger partial charge in [-0.2, -0.15) is 0 Å². The van der Waals surface area contributed by atoms with Gasteiger partial charge in [0, 0.05) is 29.3 Å². The largest absolute Gasteiger partial charge is 0.346 e. The predicted molar refractivity (Wildman–Crippen MR) is 114 cm³/mol. The van der Waals surface area contributed by atoms with Crippen molar-refractivity contribution in [3.8, 4) is 0 Å². The standard InChI is InChI=1S/C23H20N2O3S/c1-25-20-15-9-8-14-19(20)23(29(27,28)18-12-6-3-7-13-18)21(25)16-22(26)24-17-10-4-2-5-11-17/h2-15H,16H2,1H3,(H,24,26). The molecule has 0 radical (unpaired) electrons. The van der Waals surface area contributed by atoms with E-state index in [0.717, 1.165) is 5.52 Å². The van der Waals surface area contributed by atoms with Crippen LogP contribution in [-0.2, 0) is 28.1 Å². The molecule has 0 spiro atoms. The third-order valence-electron chi connectivity index (χ3n) is 4.88. The van der Waals surface area contributed by atoms with E-state index in [1.54, 1.807) is 66.2 Å². The molecule has 5 nitrogen and oxygen atoms in total. The van der Waals surface area contributed by atoms with Crippen LogP contribution in [0.25, 0.3) is 10.9 Å². The second-order valence-electron chi connectivity index (χ2n) is 6.76. The van der Waals surface area contributed by atoms with Crippen molar-refractivity contribution < 1.29 is 13.2 Å². The average Bonchev–Trinajstić information content (AvgIpc) is 3.02. The van der Waals surface area contributed by atoms with Crippen LogP contribution in [0.5, 0.6) is 0 Å². The van der Waals surface area contributed by atoms with Crippen molar-refractivity contribution in [2.24, 2.45) is 7.05 Å². The van der Waals surface area contributed by atoms with Crippen molar-refractivity contribution in [1.82, 2.24) is 4.57 Å². The SMILES string of the molecule is Cn1c(CC(=O)Nc2ccccc2)c(S(=O)(=O)c2ccccc2)c2ccccc21. The minimum absolute atomic E-state index is 0.0541. The van der Waals surface area contributed by atoms with Crippen LogP contribution in [0, 0.1) is 0 Å². The lowest BCUT2D eigenvalue weighted by atomic mass is 10.2. The summed E-state index contributed by atoms with van der Waals surface area (Å²) in [6.45, 7) is 0. The first kappa shape index (κ1) is 19.0. The van der Waals surface area contributed by atoms with E-state index in [-0.39, 0.29) is 22.1 Å². The highest BCUT2D eigenvalue weighted by Gasteiger charge is 2.28. The quantitative estimate of drug-likeness (QED) is 0.542. The van der Waals surface area contributed by atoms with Crippen LogP contribution >= 0.6 is 0 Å². The summed E-state index contributed by atoms with van der Waals surface area (Å²) in [7, 11) is -2.01. The summed E-state index contributed by atoms with van der Waals surface area (Å²) in [5, 5.41) is 3.45.